The normalized spacial score (nSPS) is 16.3. The lowest BCUT2D eigenvalue weighted by molar-refractivity contribution is 0.118. The Bertz CT molecular complexity index is 222. The highest BCUT2D eigenvalue weighted by atomic mass is 35.5. The van der Waals surface area contributed by atoms with Gasteiger partial charge in [-0.15, -0.1) is 34.8 Å². The molecule has 0 aliphatic rings. The minimum absolute atomic E-state index is 0.0456. The van der Waals surface area contributed by atoms with Gasteiger partial charge >= 0.3 is 7.82 Å². The molecule has 15 heavy (non-hydrogen) atoms. The Morgan fingerprint density at radius 2 is 1.80 bits per heavy atom. The Morgan fingerprint density at radius 1 is 1.27 bits per heavy atom. The molecule has 0 saturated heterocycles. The van der Waals surface area contributed by atoms with E-state index in [-0.39, 0.29) is 30.9 Å². The molecule has 0 aromatic rings. The second kappa shape index (κ2) is 7.33. The van der Waals surface area contributed by atoms with E-state index in [1.807, 2.05) is 0 Å². The standard InChI is InChI=1S/C7H14Cl3O4P/c1-7(4-9,5-10)6-14-15(11,12)13-3-2-8/h2-6H2,1H3,(H,11,12). The van der Waals surface area contributed by atoms with Gasteiger partial charge in [0.1, 0.15) is 0 Å². The molecule has 1 N–H and O–H groups in total. The van der Waals surface area contributed by atoms with Gasteiger partial charge in [-0.1, -0.05) is 6.92 Å². The SMILES string of the molecule is CC(CCl)(CCl)COP(=O)(O)OCCCl. The molecule has 0 heterocycles. The summed E-state index contributed by atoms with van der Waals surface area (Å²) in [4.78, 5) is 9.17. The van der Waals surface area contributed by atoms with E-state index in [2.05, 4.69) is 4.52 Å². The summed E-state index contributed by atoms with van der Waals surface area (Å²) >= 11 is 16.6. The molecule has 0 fully saturated rings. The lowest BCUT2D eigenvalue weighted by Gasteiger charge is -2.24. The highest BCUT2D eigenvalue weighted by Crippen LogP contribution is 2.44. The maximum atomic E-state index is 11.2. The number of alkyl halides is 3. The van der Waals surface area contributed by atoms with Gasteiger partial charge in [-0.2, -0.15) is 0 Å². The second-order valence-corrected chi connectivity index (χ2v) is 5.71. The molecule has 0 rings (SSSR count). The Hall–Kier alpha value is 0.980. The number of hydrogen-bond donors (Lipinski definition) is 1. The summed E-state index contributed by atoms with van der Waals surface area (Å²) in [5, 5.41) is 0. The molecule has 0 spiro atoms. The molecule has 0 amide bonds. The molecule has 1 unspecified atom stereocenters. The van der Waals surface area contributed by atoms with Crippen LogP contribution in [-0.4, -0.2) is 35.7 Å². The number of phosphoric acid groups is 1. The van der Waals surface area contributed by atoms with Crippen molar-refractivity contribution in [2.45, 2.75) is 6.92 Å². The highest BCUT2D eigenvalue weighted by Gasteiger charge is 2.29. The van der Waals surface area contributed by atoms with E-state index in [1.165, 1.54) is 0 Å². The van der Waals surface area contributed by atoms with Crippen LogP contribution in [0.3, 0.4) is 0 Å². The van der Waals surface area contributed by atoms with Crippen molar-refractivity contribution in [2.75, 3.05) is 30.9 Å². The average Bonchev–Trinajstić information content (AvgIpc) is 2.23. The van der Waals surface area contributed by atoms with Crippen LogP contribution in [0.25, 0.3) is 0 Å². The van der Waals surface area contributed by atoms with Crippen LogP contribution in [0.2, 0.25) is 0 Å². The minimum atomic E-state index is -4.03. The predicted molar refractivity (Wildman–Crippen MR) is 62.0 cm³/mol. The molecule has 8 heteroatoms. The van der Waals surface area contributed by atoms with E-state index in [0.29, 0.717) is 0 Å². The van der Waals surface area contributed by atoms with Crippen LogP contribution in [0, 0.1) is 5.41 Å². The molecule has 0 aliphatic heterocycles. The number of halogens is 3. The molecular weight excluding hydrogens is 285 g/mol. The van der Waals surface area contributed by atoms with Gasteiger partial charge in [-0.3, -0.25) is 9.05 Å². The van der Waals surface area contributed by atoms with Crippen LogP contribution in [0.4, 0.5) is 0 Å². The first-order valence-corrected chi connectivity index (χ1v) is 7.29. The lowest BCUT2D eigenvalue weighted by Crippen LogP contribution is -2.27. The van der Waals surface area contributed by atoms with Crippen molar-refractivity contribution < 1.29 is 18.5 Å². The van der Waals surface area contributed by atoms with Gasteiger partial charge in [0.05, 0.1) is 13.2 Å². The Kier molecular flexibility index (Phi) is 7.81. The van der Waals surface area contributed by atoms with Gasteiger partial charge in [-0.25, -0.2) is 4.57 Å². The van der Waals surface area contributed by atoms with Crippen LogP contribution >= 0.6 is 42.6 Å². The van der Waals surface area contributed by atoms with Gasteiger partial charge in [0.2, 0.25) is 0 Å². The van der Waals surface area contributed by atoms with Gasteiger partial charge in [-0.05, 0) is 0 Å². The third kappa shape index (κ3) is 7.01. The largest absolute Gasteiger partial charge is 0.472 e. The van der Waals surface area contributed by atoms with Crippen molar-refractivity contribution in [3.05, 3.63) is 0 Å². The summed E-state index contributed by atoms with van der Waals surface area (Å²) in [5.74, 6) is 0.578. The lowest BCUT2D eigenvalue weighted by atomic mass is 9.98. The van der Waals surface area contributed by atoms with E-state index in [0.717, 1.165) is 0 Å². The maximum Gasteiger partial charge on any atom is 0.472 e. The third-order valence-corrected chi connectivity index (χ3v) is 3.96. The Balaban J connectivity index is 4.07. The molecule has 4 nitrogen and oxygen atoms in total. The summed E-state index contributed by atoms with van der Waals surface area (Å²) in [7, 11) is -4.03. The Morgan fingerprint density at radius 3 is 2.20 bits per heavy atom. The van der Waals surface area contributed by atoms with Crippen molar-refractivity contribution in [2.24, 2.45) is 5.41 Å². The molecule has 0 aliphatic carbocycles. The molecule has 0 aromatic heterocycles. The van der Waals surface area contributed by atoms with E-state index < -0.39 is 13.2 Å². The molecule has 0 aromatic carbocycles. The molecule has 1 atom stereocenters. The van der Waals surface area contributed by atoms with Crippen molar-refractivity contribution in [3.63, 3.8) is 0 Å². The zero-order chi connectivity index (χ0) is 11.9. The van der Waals surface area contributed by atoms with Crippen LogP contribution in [-0.2, 0) is 13.6 Å². The fourth-order valence-corrected chi connectivity index (χ4v) is 2.03. The zero-order valence-electron chi connectivity index (χ0n) is 8.29. The highest BCUT2D eigenvalue weighted by molar-refractivity contribution is 7.47. The fourth-order valence-electron chi connectivity index (χ4n) is 0.537. The van der Waals surface area contributed by atoms with Crippen molar-refractivity contribution in [1.82, 2.24) is 0 Å². The fraction of sp³-hybridized carbons (Fsp3) is 1.00. The Labute approximate surface area is 104 Å². The molecular formula is C7H14Cl3O4P. The first-order valence-electron chi connectivity index (χ1n) is 4.19. The minimum Gasteiger partial charge on any atom is -0.302 e. The summed E-state index contributed by atoms with van der Waals surface area (Å²) in [6.07, 6.45) is 0. The second-order valence-electron chi connectivity index (χ2n) is 3.34. The van der Waals surface area contributed by atoms with Crippen LogP contribution < -0.4 is 0 Å². The van der Waals surface area contributed by atoms with E-state index in [4.69, 9.17) is 44.2 Å². The van der Waals surface area contributed by atoms with Gasteiger partial charge in [0, 0.05) is 23.1 Å². The zero-order valence-corrected chi connectivity index (χ0v) is 11.5. The first kappa shape index (κ1) is 16.0. The number of hydrogen-bond acceptors (Lipinski definition) is 3. The van der Waals surface area contributed by atoms with Gasteiger partial charge in [0.25, 0.3) is 0 Å². The predicted octanol–water partition coefficient (Wildman–Crippen LogP) is 2.84. The summed E-state index contributed by atoms with van der Waals surface area (Å²) in [6.45, 7) is 1.65. The first-order chi connectivity index (χ1) is 6.89. The van der Waals surface area contributed by atoms with Gasteiger partial charge in [0.15, 0.2) is 0 Å². The summed E-state index contributed by atoms with van der Waals surface area (Å²) in [6, 6.07) is 0. The van der Waals surface area contributed by atoms with E-state index in [9.17, 15) is 4.57 Å². The molecule has 0 saturated carbocycles. The van der Waals surface area contributed by atoms with Crippen molar-refractivity contribution in [3.8, 4) is 0 Å². The summed E-state index contributed by atoms with van der Waals surface area (Å²) in [5.41, 5.74) is -0.550. The summed E-state index contributed by atoms with van der Waals surface area (Å²) < 4.78 is 20.5. The molecule has 0 radical (unpaired) electrons. The van der Waals surface area contributed by atoms with Crippen molar-refractivity contribution in [1.29, 1.82) is 0 Å². The van der Waals surface area contributed by atoms with Gasteiger partial charge < -0.3 is 4.89 Å². The number of rotatable bonds is 8. The van der Waals surface area contributed by atoms with E-state index >= 15 is 0 Å². The topological polar surface area (TPSA) is 55.8 Å². The average molecular weight is 300 g/mol. The maximum absolute atomic E-state index is 11.2. The quantitative estimate of drug-likeness (QED) is 0.553. The van der Waals surface area contributed by atoms with Crippen LogP contribution in [0.15, 0.2) is 0 Å². The monoisotopic (exact) mass is 298 g/mol. The van der Waals surface area contributed by atoms with E-state index in [1.54, 1.807) is 6.92 Å². The molecule has 0 bridgehead atoms. The number of phosphoric ester groups is 1. The van der Waals surface area contributed by atoms with Crippen LogP contribution in [0.1, 0.15) is 6.92 Å². The van der Waals surface area contributed by atoms with Crippen LogP contribution in [0.5, 0.6) is 0 Å². The van der Waals surface area contributed by atoms with Crippen molar-refractivity contribution >= 4 is 42.6 Å². The smallest absolute Gasteiger partial charge is 0.302 e. The third-order valence-electron chi connectivity index (χ3n) is 1.55. The molecule has 92 valence electrons.